The minimum Gasteiger partial charge on any atom is -0.355 e. The summed E-state index contributed by atoms with van der Waals surface area (Å²) in [5, 5.41) is 7.91. The number of hydrogen-bond donors (Lipinski definition) is 2. The van der Waals surface area contributed by atoms with Crippen LogP contribution in [-0.2, 0) is 21.2 Å². The van der Waals surface area contributed by atoms with Gasteiger partial charge in [-0.3, -0.25) is 4.79 Å². The molecule has 0 bridgehead atoms. The quantitative estimate of drug-likeness (QED) is 0.832. The Kier molecular flexibility index (Phi) is 5.30. The molecule has 0 atom stereocenters. The first-order chi connectivity index (χ1) is 9.16. The molecule has 0 spiro atoms. The molecule has 0 radical (unpaired) electrons. The van der Waals surface area contributed by atoms with Gasteiger partial charge in [0.15, 0.2) is 0 Å². The largest absolute Gasteiger partial charge is 0.355 e. The first-order valence-corrected chi connectivity index (χ1v) is 8.11. The van der Waals surface area contributed by atoms with Crippen LogP contribution in [0.4, 0.5) is 0 Å². The summed E-state index contributed by atoms with van der Waals surface area (Å²) in [5.41, 5.74) is 0.587. The van der Waals surface area contributed by atoms with Crippen molar-refractivity contribution in [2.45, 2.75) is 38.5 Å². The van der Waals surface area contributed by atoms with E-state index >= 15 is 0 Å². The number of carbonyl (C=O) groups is 1. The molecule has 0 aromatic heterocycles. The lowest BCUT2D eigenvalue weighted by molar-refractivity contribution is -0.129. The number of carbonyl (C=O) groups excluding carboxylic acids is 1. The number of rotatable bonds is 6. The van der Waals surface area contributed by atoms with E-state index in [1.165, 1.54) is 12.1 Å². The Morgan fingerprint density at radius 1 is 1.25 bits per heavy atom. The van der Waals surface area contributed by atoms with Gasteiger partial charge in [-0.1, -0.05) is 32.9 Å². The summed E-state index contributed by atoms with van der Waals surface area (Å²) in [6.07, 6.45) is 1.43. The predicted molar refractivity (Wildman–Crippen MR) is 78.6 cm³/mol. The smallest absolute Gasteiger partial charge is 0.238 e. The van der Waals surface area contributed by atoms with Crippen molar-refractivity contribution in [3.8, 4) is 0 Å². The van der Waals surface area contributed by atoms with Crippen LogP contribution in [0.15, 0.2) is 29.2 Å². The molecule has 1 aromatic carbocycles. The van der Waals surface area contributed by atoms with E-state index < -0.39 is 10.0 Å². The molecule has 0 heterocycles. The SMILES string of the molecule is CCC(C)(C)C(=O)NCCc1ccc(S(N)(=O)=O)cc1. The monoisotopic (exact) mass is 298 g/mol. The van der Waals surface area contributed by atoms with E-state index in [-0.39, 0.29) is 16.2 Å². The molecule has 0 unspecified atom stereocenters. The van der Waals surface area contributed by atoms with E-state index in [0.717, 1.165) is 12.0 Å². The Morgan fingerprint density at radius 3 is 2.25 bits per heavy atom. The van der Waals surface area contributed by atoms with Crippen molar-refractivity contribution in [3.05, 3.63) is 29.8 Å². The highest BCUT2D eigenvalue weighted by Gasteiger charge is 2.24. The number of amides is 1. The summed E-state index contributed by atoms with van der Waals surface area (Å²) >= 11 is 0. The molecule has 1 amide bonds. The maximum Gasteiger partial charge on any atom is 0.238 e. The van der Waals surface area contributed by atoms with Gasteiger partial charge in [0.25, 0.3) is 0 Å². The second kappa shape index (κ2) is 6.37. The zero-order chi connectivity index (χ0) is 15.4. The summed E-state index contributed by atoms with van der Waals surface area (Å²) in [4.78, 5) is 12.0. The highest BCUT2D eigenvalue weighted by Crippen LogP contribution is 2.19. The maximum absolute atomic E-state index is 11.9. The molecule has 3 N–H and O–H groups in total. The molecule has 6 heteroatoms. The maximum atomic E-state index is 11.9. The Morgan fingerprint density at radius 2 is 1.80 bits per heavy atom. The van der Waals surface area contributed by atoms with Crippen LogP contribution in [0.5, 0.6) is 0 Å². The van der Waals surface area contributed by atoms with Crippen LogP contribution >= 0.6 is 0 Å². The fourth-order valence-electron chi connectivity index (χ4n) is 1.57. The third-order valence-electron chi connectivity index (χ3n) is 3.45. The molecule has 0 fully saturated rings. The number of benzene rings is 1. The topological polar surface area (TPSA) is 89.3 Å². The van der Waals surface area contributed by atoms with Crippen molar-refractivity contribution in [2.75, 3.05) is 6.54 Å². The molecule has 0 saturated heterocycles. The van der Waals surface area contributed by atoms with Crippen molar-refractivity contribution >= 4 is 15.9 Å². The number of primary sulfonamides is 1. The van der Waals surface area contributed by atoms with Crippen LogP contribution in [0.1, 0.15) is 32.8 Å². The lowest BCUT2D eigenvalue weighted by Crippen LogP contribution is -2.37. The minimum absolute atomic E-state index is 0.0288. The molecule has 0 aliphatic carbocycles. The Hall–Kier alpha value is -1.40. The van der Waals surface area contributed by atoms with Crippen molar-refractivity contribution in [2.24, 2.45) is 10.6 Å². The molecule has 20 heavy (non-hydrogen) atoms. The normalized spacial score (nSPS) is 12.2. The molecule has 1 rings (SSSR count). The average molecular weight is 298 g/mol. The van der Waals surface area contributed by atoms with Crippen LogP contribution in [0, 0.1) is 5.41 Å². The van der Waals surface area contributed by atoms with Crippen molar-refractivity contribution in [1.82, 2.24) is 5.32 Å². The highest BCUT2D eigenvalue weighted by molar-refractivity contribution is 7.89. The van der Waals surface area contributed by atoms with Gasteiger partial charge >= 0.3 is 0 Å². The molecule has 5 nitrogen and oxygen atoms in total. The zero-order valence-corrected chi connectivity index (χ0v) is 13.0. The van der Waals surface area contributed by atoms with E-state index in [1.807, 2.05) is 20.8 Å². The summed E-state index contributed by atoms with van der Waals surface area (Å²) in [7, 11) is -3.65. The molecule has 112 valence electrons. The number of nitrogens with two attached hydrogens (primary N) is 1. The average Bonchev–Trinajstić information content (AvgIpc) is 2.38. The van der Waals surface area contributed by atoms with E-state index in [0.29, 0.717) is 13.0 Å². The Labute approximate surface area is 120 Å². The third-order valence-corrected chi connectivity index (χ3v) is 4.38. The summed E-state index contributed by atoms with van der Waals surface area (Å²) in [5.74, 6) is 0.0288. The Bertz CT molecular complexity index is 563. The van der Waals surface area contributed by atoms with E-state index in [9.17, 15) is 13.2 Å². The molecular weight excluding hydrogens is 276 g/mol. The van der Waals surface area contributed by atoms with E-state index in [2.05, 4.69) is 5.32 Å². The summed E-state index contributed by atoms with van der Waals surface area (Å²) in [6, 6.07) is 6.36. The van der Waals surface area contributed by atoms with Crippen molar-refractivity contribution in [3.63, 3.8) is 0 Å². The standard InChI is InChI=1S/C14H22N2O3S/c1-4-14(2,3)13(17)16-10-9-11-5-7-12(8-6-11)20(15,18)19/h5-8H,4,9-10H2,1-3H3,(H,16,17)(H2,15,18,19). The number of sulfonamides is 1. The van der Waals surface area contributed by atoms with Gasteiger partial charge in [0.05, 0.1) is 4.90 Å². The molecule has 0 saturated carbocycles. The van der Waals surface area contributed by atoms with Crippen LogP contribution in [0.3, 0.4) is 0 Å². The molecule has 0 aliphatic heterocycles. The molecular formula is C14H22N2O3S. The fraction of sp³-hybridized carbons (Fsp3) is 0.500. The minimum atomic E-state index is -3.65. The van der Waals surface area contributed by atoms with Gasteiger partial charge in [-0.15, -0.1) is 0 Å². The van der Waals surface area contributed by atoms with Crippen molar-refractivity contribution < 1.29 is 13.2 Å². The number of nitrogens with one attached hydrogen (secondary N) is 1. The second-order valence-corrected chi connectivity index (χ2v) is 6.99. The van der Waals surface area contributed by atoms with Crippen LogP contribution < -0.4 is 10.5 Å². The second-order valence-electron chi connectivity index (χ2n) is 5.43. The first-order valence-electron chi connectivity index (χ1n) is 6.57. The third kappa shape index (κ3) is 4.61. The van der Waals surface area contributed by atoms with E-state index in [1.54, 1.807) is 12.1 Å². The molecule has 1 aromatic rings. The summed E-state index contributed by atoms with van der Waals surface area (Å²) < 4.78 is 22.2. The van der Waals surface area contributed by atoms with Gasteiger partial charge in [0.1, 0.15) is 0 Å². The van der Waals surface area contributed by atoms with Crippen LogP contribution in [0.25, 0.3) is 0 Å². The number of hydrogen-bond acceptors (Lipinski definition) is 3. The Balaban J connectivity index is 2.54. The lowest BCUT2D eigenvalue weighted by Gasteiger charge is -2.21. The van der Waals surface area contributed by atoms with Gasteiger partial charge in [0.2, 0.25) is 15.9 Å². The van der Waals surface area contributed by atoms with Gasteiger partial charge in [0, 0.05) is 12.0 Å². The lowest BCUT2D eigenvalue weighted by atomic mass is 9.89. The highest BCUT2D eigenvalue weighted by atomic mass is 32.2. The van der Waals surface area contributed by atoms with Gasteiger partial charge in [-0.25, -0.2) is 13.6 Å². The van der Waals surface area contributed by atoms with E-state index in [4.69, 9.17) is 5.14 Å². The van der Waals surface area contributed by atoms with Gasteiger partial charge in [-0.05, 0) is 30.5 Å². The van der Waals surface area contributed by atoms with Crippen molar-refractivity contribution in [1.29, 1.82) is 0 Å². The summed E-state index contributed by atoms with van der Waals surface area (Å²) in [6.45, 7) is 6.31. The van der Waals surface area contributed by atoms with Crippen LogP contribution in [-0.4, -0.2) is 20.9 Å². The van der Waals surface area contributed by atoms with Crippen LogP contribution in [0.2, 0.25) is 0 Å². The van der Waals surface area contributed by atoms with Gasteiger partial charge < -0.3 is 5.32 Å². The molecule has 0 aliphatic rings. The first kappa shape index (κ1) is 16.7. The zero-order valence-electron chi connectivity index (χ0n) is 12.1. The van der Waals surface area contributed by atoms with Gasteiger partial charge in [-0.2, -0.15) is 0 Å². The fourth-order valence-corrected chi connectivity index (χ4v) is 2.08. The predicted octanol–water partition coefficient (Wildman–Crippen LogP) is 1.43.